The summed E-state index contributed by atoms with van der Waals surface area (Å²) < 4.78 is 5.98. The maximum atomic E-state index is 5.98. The Morgan fingerprint density at radius 1 is 0.800 bits per heavy atom. The highest BCUT2D eigenvalue weighted by molar-refractivity contribution is 5.70. The number of hydrogen-bond donors (Lipinski definition) is 0. The summed E-state index contributed by atoms with van der Waals surface area (Å²) in [6.45, 7) is 2.06. The zero-order chi connectivity index (χ0) is 13.8. The predicted octanol–water partition coefficient (Wildman–Crippen LogP) is 4.85. The van der Waals surface area contributed by atoms with Crippen molar-refractivity contribution in [2.75, 3.05) is 0 Å². The second kappa shape index (κ2) is 5.57. The summed E-state index contributed by atoms with van der Waals surface area (Å²) >= 11 is 0. The van der Waals surface area contributed by atoms with Crippen molar-refractivity contribution in [3.63, 3.8) is 0 Å². The van der Waals surface area contributed by atoms with Crippen LogP contribution < -0.4 is 4.74 Å². The monoisotopic (exact) mass is 261 g/mol. The van der Waals surface area contributed by atoms with Crippen molar-refractivity contribution >= 4 is 0 Å². The Labute approximate surface area is 118 Å². The molecule has 0 spiro atoms. The number of aromatic nitrogens is 1. The van der Waals surface area contributed by atoms with E-state index in [1.807, 2.05) is 66.9 Å². The molecule has 98 valence electrons. The maximum absolute atomic E-state index is 5.98. The molecule has 0 aliphatic carbocycles. The van der Waals surface area contributed by atoms with E-state index >= 15 is 0 Å². The average molecular weight is 261 g/mol. The summed E-state index contributed by atoms with van der Waals surface area (Å²) in [4.78, 5) is 4.47. The van der Waals surface area contributed by atoms with E-state index in [1.165, 1.54) is 0 Å². The van der Waals surface area contributed by atoms with E-state index in [2.05, 4.69) is 18.0 Å². The second-order valence-corrected chi connectivity index (χ2v) is 4.58. The average Bonchev–Trinajstić information content (AvgIpc) is 2.50. The minimum absolute atomic E-state index is 0.820. The SMILES string of the molecule is Cc1cccnc1-c1ccccc1Oc1ccccc1. The lowest BCUT2D eigenvalue weighted by molar-refractivity contribution is 0.484. The highest BCUT2D eigenvalue weighted by Gasteiger charge is 2.09. The van der Waals surface area contributed by atoms with E-state index in [0.717, 1.165) is 28.3 Å². The van der Waals surface area contributed by atoms with Gasteiger partial charge >= 0.3 is 0 Å². The summed E-state index contributed by atoms with van der Waals surface area (Å²) in [5.74, 6) is 1.65. The lowest BCUT2D eigenvalue weighted by atomic mass is 10.1. The Bertz CT molecular complexity index is 707. The fourth-order valence-electron chi connectivity index (χ4n) is 2.13. The van der Waals surface area contributed by atoms with Gasteiger partial charge in [0, 0.05) is 11.8 Å². The molecule has 3 rings (SSSR count). The molecule has 0 radical (unpaired) electrons. The Kier molecular flexibility index (Phi) is 3.46. The van der Waals surface area contributed by atoms with Crippen molar-refractivity contribution in [3.8, 4) is 22.8 Å². The zero-order valence-electron chi connectivity index (χ0n) is 11.3. The molecule has 1 heterocycles. The van der Waals surface area contributed by atoms with Gasteiger partial charge in [0.15, 0.2) is 0 Å². The van der Waals surface area contributed by atoms with Crippen LogP contribution in [0.1, 0.15) is 5.56 Å². The number of para-hydroxylation sites is 2. The van der Waals surface area contributed by atoms with Gasteiger partial charge in [-0.25, -0.2) is 0 Å². The number of aryl methyl sites for hydroxylation is 1. The first-order chi connectivity index (χ1) is 9.84. The molecule has 1 aromatic heterocycles. The molecule has 0 amide bonds. The van der Waals surface area contributed by atoms with Crippen molar-refractivity contribution in [1.29, 1.82) is 0 Å². The van der Waals surface area contributed by atoms with Gasteiger partial charge in [-0.2, -0.15) is 0 Å². The Morgan fingerprint density at radius 2 is 1.55 bits per heavy atom. The minimum Gasteiger partial charge on any atom is -0.457 e. The third-order valence-electron chi connectivity index (χ3n) is 3.12. The van der Waals surface area contributed by atoms with E-state index in [-0.39, 0.29) is 0 Å². The summed E-state index contributed by atoms with van der Waals surface area (Å²) in [5.41, 5.74) is 3.10. The van der Waals surface area contributed by atoms with Crippen LogP contribution in [0.3, 0.4) is 0 Å². The molecule has 0 atom stereocenters. The number of pyridine rings is 1. The van der Waals surface area contributed by atoms with Crippen molar-refractivity contribution in [3.05, 3.63) is 78.5 Å². The molecule has 2 nitrogen and oxygen atoms in total. The molecule has 0 aliphatic rings. The van der Waals surface area contributed by atoms with Gasteiger partial charge in [-0.1, -0.05) is 36.4 Å². The van der Waals surface area contributed by atoms with Gasteiger partial charge in [-0.05, 0) is 42.8 Å². The maximum Gasteiger partial charge on any atom is 0.136 e. The van der Waals surface area contributed by atoms with Gasteiger partial charge in [0.2, 0.25) is 0 Å². The van der Waals surface area contributed by atoms with Crippen molar-refractivity contribution in [2.45, 2.75) is 6.92 Å². The largest absolute Gasteiger partial charge is 0.457 e. The molecule has 3 aromatic rings. The first kappa shape index (κ1) is 12.4. The quantitative estimate of drug-likeness (QED) is 0.672. The third-order valence-corrected chi connectivity index (χ3v) is 3.12. The molecular formula is C18H15NO. The fourth-order valence-corrected chi connectivity index (χ4v) is 2.13. The molecule has 20 heavy (non-hydrogen) atoms. The zero-order valence-corrected chi connectivity index (χ0v) is 11.3. The topological polar surface area (TPSA) is 22.1 Å². The summed E-state index contributed by atoms with van der Waals surface area (Å²) in [6, 6.07) is 21.8. The predicted molar refractivity (Wildman–Crippen MR) is 80.9 cm³/mol. The second-order valence-electron chi connectivity index (χ2n) is 4.58. The molecule has 0 saturated heterocycles. The molecular weight excluding hydrogens is 246 g/mol. The standard InChI is InChI=1S/C18H15NO/c1-14-8-7-13-19-18(14)16-11-5-6-12-17(16)20-15-9-3-2-4-10-15/h2-13H,1H3. The van der Waals surface area contributed by atoms with Gasteiger partial charge in [0.05, 0.1) is 5.69 Å². The molecule has 0 saturated carbocycles. The van der Waals surface area contributed by atoms with E-state index in [0.29, 0.717) is 0 Å². The minimum atomic E-state index is 0.820. The summed E-state index contributed by atoms with van der Waals surface area (Å²) in [7, 11) is 0. The normalized spacial score (nSPS) is 10.2. The lowest BCUT2D eigenvalue weighted by Crippen LogP contribution is -1.92. The van der Waals surface area contributed by atoms with E-state index < -0.39 is 0 Å². The molecule has 2 aromatic carbocycles. The van der Waals surface area contributed by atoms with E-state index in [4.69, 9.17) is 4.74 Å². The molecule has 2 heteroatoms. The van der Waals surface area contributed by atoms with Crippen molar-refractivity contribution < 1.29 is 4.74 Å². The first-order valence-corrected chi connectivity index (χ1v) is 6.58. The molecule has 0 bridgehead atoms. The van der Waals surface area contributed by atoms with Crippen molar-refractivity contribution in [1.82, 2.24) is 4.98 Å². The van der Waals surface area contributed by atoms with Crippen LogP contribution in [0.15, 0.2) is 72.9 Å². The molecule has 0 aliphatic heterocycles. The van der Waals surface area contributed by atoms with Crippen LogP contribution in [0, 0.1) is 6.92 Å². The van der Waals surface area contributed by atoms with E-state index in [9.17, 15) is 0 Å². The first-order valence-electron chi connectivity index (χ1n) is 6.58. The van der Waals surface area contributed by atoms with Crippen LogP contribution in [-0.2, 0) is 0 Å². The van der Waals surface area contributed by atoms with Gasteiger partial charge in [0.25, 0.3) is 0 Å². The molecule has 0 N–H and O–H groups in total. The van der Waals surface area contributed by atoms with Crippen LogP contribution in [0.4, 0.5) is 0 Å². The van der Waals surface area contributed by atoms with Crippen LogP contribution in [0.25, 0.3) is 11.3 Å². The van der Waals surface area contributed by atoms with E-state index in [1.54, 1.807) is 0 Å². The smallest absolute Gasteiger partial charge is 0.136 e. The molecule has 0 fully saturated rings. The van der Waals surface area contributed by atoms with Crippen LogP contribution in [-0.4, -0.2) is 4.98 Å². The number of nitrogens with zero attached hydrogens (tertiary/aromatic N) is 1. The molecule has 0 unspecified atom stereocenters. The van der Waals surface area contributed by atoms with Gasteiger partial charge < -0.3 is 4.74 Å². The Hall–Kier alpha value is -2.61. The van der Waals surface area contributed by atoms with Gasteiger partial charge in [-0.3, -0.25) is 4.98 Å². The van der Waals surface area contributed by atoms with Gasteiger partial charge in [0.1, 0.15) is 11.5 Å². The van der Waals surface area contributed by atoms with Crippen LogP contribution in [0.2, 0.25) is 0 Å². The number of ether oxygens (including phenoxy) is 1. The highest BCUT2D eigenvalue weighted by Crippen LogP contribution is 2.33. The third kappa shape index (κ3) is 2.54. The fraction of sp³-hybridized carbons (Fsp3) is 0.0556. The summed E-state index contributed by atoms with van der Waals surface area (Å²) in [5, 5.41) is 0. The van der Waals surface area contributed by atoms with Crippen LogP contribution in [0.5, 0.6) is 11.5 Å². The summed E-state index contributed by atoms with van der Waals surface area (Å²) in [6.07, 6.45) is 1.81. The van der Waals surface area contributed by atoms with Crippen molar-refractivity contribution in [2.24, 2.45) is 0 Å². The Balaban J connectivity index is 2.03. The number of rotatable bonds is 3. The van der Waals surface area contributed by atoms with Crippen LogP contribution >= 0.6 is 0 Å². The van der Waals surface area contributed by atoms with Gasteiger partial charge in [-0.15, -0.1) is 0 Å². The Morgan fingerprint density at radius 3 is 2.35 bits per heavy atom. The lowest BCUT2D eigenvalue weighted by Gasteiger charge is -2.12. The number of hydrogen-bond acceptors (Lipinski definition) is 2. The number of benzene rings is 2. The highest BCUT2D eigenvalue weighted by atomic mass is 16.5.